The fourth-order valence-electron chi connectivity index (χ4n) is 6.77. The molecular formula is C26H50. The monoisotopic (exact) mass is 362 g/mol. The largest absolute Gasteiger partial charge is 0.0879 e. The van der Waals surface area contributed by atoms with E-state index >= 15 is 0 Å². The van der Waals surface area contributed by atoms with E-state index in [0.29, 0.717) is 0 Å². The minimum Gasteiger partial charge on any atom is -0.0879 e. The molecule has 154 valence electrons. The molecule has 4 aliphatic carbocycles. The lowest BCUT2D eigenvalue weighted by Crippen LogP contribution is -2.34. The third-order valence-corrected chi connectivity index (χ3v) is 7.28. The molecular weight excluding hydrogens is 312 g/mol. The quantitative estimate of drug-likeness (QED) is 0.432. The first-order valence-corrected chi connectivity index (χ1v) is 12.1. The Morgan fingerprint density at radius 1 is 0.808 bits per heavy atom. The van der Waals surface area contributed by atoms with Gasteiger partial charge in [0.2, 0.25) is 0 Å². The lowest BCUT2D eigenvalue weighted by atomic mass is 9.66. The van der Waals surface area contributed by atoms with Crippen molar-refractivity contribution in [3.8, 4) is 0 Å². The van der Waals surface area contributed by atoms with Gasteiger partial charge in [-0.15, -0.1) is 0 Å². The molecule has 0 heterocycles. The summed E-state index contributed by atoms with van der Waals surface area (Å²) < 4.78 is 0. The highest BCUT2D eigenvalue weighted by Gasteiger charge is 2.63. The molecule has 0 aromatic rings. The SMILES string of the molecule is CC.CC.CC(C)C.CCC1CC(C(C)C)C2C3CC(C4CC=CC43)C12. The van der Waals surface area contributed by atoms with Crippen molar-refractivity contribution in [3.05, 3.63) is 12.2 Å². The molecule has 0 nitrogen and oxygen atoms in total. The average molecular weight is 363 g/mol. The van der Waals surface area contributed by atoms with Gasteiger partial charge in [0.25, 0.3) is 0 Å². The highest BCUT2D eigenvalue weighted by molar-refractivity contribution is 5.19. The van der Waals surface area contributed by atoms with Gasteiger partial charge in [-0.05, 0) is 78.4 Å². The van der Waals surface area contributed by atoms with E-state index in [1.165, 1.54) is 12.8 Å². The Kier molecular flexibility index (Phi) is 9.98. The predicted molar refractivity (Wildman–Crippen MR) is 119 cm³/mol. The summed E-state index contributed by atoms with van der Waals surface area (Å²) in [6.07, 6.45) is 11.1. The second kappa shape index (κ2) is 10.9. The van der Waals surface area contributed by atoms with Crippen LogP contribution in [0.4, 0.5) is 0 Å². The fraction of sp³-hybridized carbons (Fsp3) is 0.923. The van der Waals surface area contributed by atoms with Crippen molar-refractivity contribution in [2.24, 2.45) is 59.2 Å². The maximum absolute atomic E-state index is 2.60. The third-order valence-electron chi connectivity index (χ3n) is 7.28. The Balaban J connectivity index is 0.000000370. The second-order valence-electron chi connectivity index (χ2n) is 9.67. The molecule has 3 fully saturated rings. The van der Waals surface area contributed by atoms with Gasteiger partial charge in [-0.3, -0.25) is 0 Å². The van der Waals surface area contributed by atoms with Crippen molar-refractivity contribution in [2.75, 3.05) is 0 Å². The Morgan fingerprint density at radius 2 is 1.38 bits per heavy atom. The third kappa shape index (κ3) is 4.59. The zero-order chi connectivity index (χ0) is 20.0. The lowest BCUT2D eigenvalue weighted by Gasteiger charge is -2.39. The first kappa shape index (κ1) is 23.8. The zero-order valence-electron chi connectivity index (χ0n) is 19.8. The lowest BCUT2D eigenvalue weighted by molar-refractivity contribution is 0.0972. The average Bonchev–Trinajstić information content (AvgIpc) is 3.35. The van der Waals surface area contributed by atoms with Gasteiger partial charge in [0.1, 0.15) is 0 Å². The molecule has 0 aromatic heterocycles. The van der Waals surface area contributed by atoms with Crippen LogP contribution in [-0.4, -0.2) is 0 Å². The minimum absolute atomic E-state index is 0.833. The van der Waals surface area contributed by atoms with Crippen LogP contribution in [0, 0.1) is 59.2 Å². The van der Waals surface area contributed by atoms with Crippen LogP contribution >= 0.6 is 0 Å². The molecule has 8 unspecified atom stereocenters. The van der Waals surface area contributed by atoms with Gasteiger partial charge < -0.3 is 0 Å². The second-order valence-corrected chi connectivity index (χ2v) is 9.67. The number of rotatable bonds is 2. The van der Waals surface area contributed by atoms with Crippen LogP contribution < -0.4 is 0 Å². The van der Waals surface area contributed by atoms with Crippen LogP contribution in [0.15, 0.2) is 12.2 Å². The van der Waals surface area contributed by atoms with E-state index in [1.807, 2.05) is 27.7 Å². The molecule has 4 rings (SSSR count). The van der Waals surface area contributed by atoms with Crippen molar-refractivity contribution in [3.63, 3.8) is 0 Å². The number of allylic oxidation sites excluding steroid dienone is 2. The molecule has 0 amide bonds. The summed E-state index contributed by atoms with van der Waals surface area (Å²) in [6, 6.07) is 0. The summed E-state index contributed by atoms with van der Waals surface area (Å²) >= 11 is 0. The van der Waals surface area contributed by atoms with Crippen LogP contribution in [0.2, 0.25) is 0 Å². The summed E-state index contributed by atoms with van der Waals surface area (Å²) in [6.45, 7) is 21.9. The molecule has 0 saturated heterocycles. The Labute approximate surface area is 166 Å². The van der Waals surface area contributed by atoms with E-state index in [0.717, 1.165) is 59.2 Å². The zero-order valence-corrected chi connectivity index (χ0v) is 19.8. The molecule has 3 saturated carbocycles. The Hall–Kier alpha value is -0.260. The molecule has 4 aliphatic rings. The molecule has 0 heteroatoms. The van der Waals surface area contributed by atoms with Gasteiger partial charge in [0.15, 0.2) is 0 Å². The summed E-state index contributed by atoms with van der Waals surface area (Å²) in [5, 5.41) is 0. The number of hydrogen-bond donors (Lipinski definition) is 0. The molecule has 8 atom stereocenters. The molecule has 0 spiro atoms. The van der Waals surface area contributed by atoms with Crippen molar-refractivity contribution >= 4 is 0 Å². The van der Waals surface area contributed by atoms with Crippen LogP contribution in [0.25, 0.3) is 0 Å². The van der Waals surface area contributed by atoms with Gasteiger partial charge in [-0.2, -0.15) is 0 Å². The maximum atomic E-state index is 2.60. The fourth-order valence-corrected chi connectivity index (χ4v) is 6.77. The highest BCUT2D eigenvalue weighted by Crippen LogP contribution is 2.69. The summed E-state index contributed by atoms with van der Waals surface area (Å²) in [5.74, 6) is 10.3. The van der Waals surface area contributed by atoms with Crippen molar-refractivity contribution in [1.29, 1.82) is 0 Å². The highest BCUT2D eigenvalue weighted by atomic mass is 14.7. The predicted octanol–water partition coefficient (Wildman–Crippen LogP) is 8.48. The van der Waals surface area contributed by atoms with Gasteiger partial charge in [0.05, 0.1) is 0 Å². The van der Waals surface area contributed by atoms with Crippen molar-refractivity contribution in [2.45, 2.75) is 94.9 Å². The Bertz CT molecular complexity index is 402. The molecule has 26 heavy (non-hydrogen) atoms. The summed E-state index contributed by atoms with van der Waals surface area (Å²) in [5.41, 5.74) is 0. The van der Waals surface area contributed by atoms with Gasteiger partial charge in [-0.25, -0.2) is 0 Å². The van der Waals surface area contributed by atoms with E-state index in [1.54, 1.807) is 12.8 Å². The smallest absolute Gasteiger partial charge is 0.0168 e. The van der Waals surface area contributed by atoms with E-state index in [-0.39, 0.29) is 0 Å². The summed E-state index contributed by atoms with van der Waals surface area (Å²) in [4.78, 5) is 0. The first-order valence-electron chi connectivity index (χ1n) is 12.1. The normalized spacial score (nSPS) is 40.9. The minimum atomic E-state index is 0.833. The summed E-state index contributed by atoms with van der Waals surface area (Å²) in [7, 11) is 0. The molecule has 0 aromatic carbocycles. The van der Waals surface area contributed by atoms with Crippen LogP contribution in [-0.2, 0) is 0 Å². The van der Waals surface area contributed by atoms with Crippen LogP contribution in [0.3, 0.4) is 0 Å². The van der Waals surface area contributed by atoms with E-state index in [2.05, 4.69) is 53.7 Å². The molecule has 0 aliphatic heterocycles. The standard InChI is InChI=1S/C18H28.C4H10.2C2H6/c1-4-11-8-14(10(2)3)18-16-9-15(17(11)18)12-6-5-7-13(12)16;1-4(2)3;2*1-2/h5,7,10-18H,4,6,8-9H2,1-3H3;4H,1-3H3;2*1-2H3. The van der Waals surface area contributed by atoms with Gasteiger partial charge in [0, 0.05) is 0 Å². The van der Waals surface area contributed by atoms with Crippen LogP contribution in [0.5, 0.6) is 0 Å². The number of fused-ring (bicyclic) bond motifs is 8. The van der Waals surface area contributed by atoms with E-state index in [9.17, 15) is 0 Å². The van der Waals surface area contributed by atoms with Gasteiger partial charge in [-0.1, -0.05) is 87.8 Å². The molecule has 0 radical (unpaired) electrons. The van der Waals surface area contributed by atoms with Crippen LogP contribution in [0.1, 0.15) is 94.9 Å². The Morgan fingerprint density at radius 3 is 1.88 bits per heavy atom. The molecule has 0 N–H and O–H groups in total. The first-order chi connectivity index (χ1) is 12.5. The van der Waals surface area contributed by atoms with E-state index in [4.69, 9.17) is 0 Å². The number of hydrogen-bond acceptors (Lipinski definition) is 0. The van der Waals surface area contributed by atoms with E-state index < -0.39 is 0 Å². The van der Waals surface area contributed by atoms with Crippen molar-refractivity contribution in [1.82, 2.24) is 0 Å². The van der Waals surface area contributed by atoms with Gasteiger partial charge >= 0.3 is 0 Å². The maximum Gasteiger partial charge on any atom is -0.0168 e. The topological polar surface area (TPSA) is 0 Å². The molecule has 2 bridgehead atoms. The van der Waals surface area contributed by atoms with Crippen molar-refractivity contribution < 1.29 is 0 Å².